The number of piperazine rings is 1. The lowest BCUT2D eigenvalue weighted by Gasteiger charge is -2.36. The minimum absolute atomic E-state index is 0.316. The van der Waals surface area contributed by atoms with Crippen LogP contribution in [-0.2, 0) is 9.47 Å². The predicted molar refractivity (Wildman–Crippen MR) is 112 cm³/mol. The molecule has 2 aromatic rings. The molecule has 0 unspecified atom stereocenters. The topological polar surface area (TPSA) is 120 Å². The van der Waals surface area contributed by atoms with Crippen molar-refractivity contribution < 1.29 is 24.0 Å². The maximum atomic E-state index is 12.2. The molecule has 166 valence electrons. The van der Waals surface area contributed by atoms with Crippen LogP contribution in [0.3, 0.4) is 0 Å². The number of nitrogens with zero attached hydrogens (tertiary/aromatic N) is 5. The number of carbonyl (C=O) groups excluding carboxylic acids is 2. The molecule has 1 aromatic carbocycles. The Hall–Kier alpha value is -3.63. The van der Waals surface area contributed by atoms with Crippen molar-refractivity contribution in [3.05, 3.63) is 46.3 Å². The number of esters is 1. The number of hydrogen-bond donors (Lipinski definition) is 0. The van der Waals surface area contributed by atoms with Gasteiger partial charge in [0.05, 0.1) is 17.7 Å². The highest BCUT2D eigenvalue weighted by Crippen LogP contribution is 2.23. The van der Waals surface area contributed by atoms with Crippen molar-refractivity contribution in [2.45, 2.75) is 26.4 Å². The van der Waals surface area contributed by atoms with Crippen LogP contribution in [0.15, 0.2) is 30.5 Å². The molecule has 31 heavy (non-hydrogen) atoms. The Balaban J connectivity index is 1.68. The molecule has 3 rings (SSSR count). The van der Waals surface area contributed by atoms with Crippen molar-refractivity contribution in [1.29, 1.82) is 0 Å². The molecule has 2 heterocycles. The first-order valence-electron chi connectivity index (χ1n) is 9.75. The smallest absolute Gasteiger partial charge is 0.410 e. The van der Waals surface area contributed by atoms with E-state index >= 15 is 0 Å². The summed E-state index contributed by atoms with van der Waals surface area (Å²) in [7, 11) is 1.14. The summed E-state index contributed by atoms with van der Waals surface area (Å²) in [5.41, 5.74) is 0.208. The minimum Gasteiger partial charge on any atom is -0.464 e. The number of benzene rings is 1. The van der Waals surface area contributed by atoms with Gasteiger partial charge in [0.25, 0.3) is 0 Å². The molecule has 1 aliphatic rings. The number of methoxy groups -OCH3 is 1. The molecule has 0 bridgehead atoms. The quantitative estimate of drug-likeness (QED) is 0.412. The van der Waals surface area contributed by atoms with Gasteiger partial charge in [-0.15, -0.1) is 0 Å². The van der Waals surface area contributed by atoms with Crippen LogP contribution in [0.2, 0.25) is 0 Å². The van der Waals surface area contributed by atoms with E-state index in [-0.39, 0.29) is 11.8 Å². The van der Waals surface area contributed by atoms with Crippen molar-refractivity contribution in [3.8, 4) is 5.69 Å². The first-order valence-corrected chi connectivity index (χ1v) is 9.75. The van der Waals surface area contributed by atoms with E-state index in [0.29, 0.717) is 31.9 Å². The van der Waals surface area contributed by atoms with Crippen LogP contribution in [-0.4, -0.2) is 70.6 Å². The second kappa shape index (κ2) is 8.62. The fourth-order valence-corrected chi connectivity index (χ4v) is 3.16. The molecule has 11 nitrogen and oxygen atoms in total. The molecule has 1 aromatic heterocycles. The van der Waals surface area contributed by atoms with Gasteiger partial charge in [0.2, 0.25) is 5.69 Å². The molecule has 0 N–H and O–H groups in total. The van der Waals surface area contributed by atoms with Gasteiger partial charge in [-0.05, 0) is 45.0 Å². The molecule has 0 atom stereocenters. The summed E-state index contributed by atoms with van der Waals surface area (Å²) in [6.45, 7) is 7.91. The predicted octanol–water partition coefficient (Wildman–Crippen LogP) is 2.62. The van der Waals surface area contributed by atoms with Gasteiger partial charge in [0.15, 0.2) is 0 Å². The van der Waals surface area contributed by atoms with Gasteiger partial charge >= 0.3 is 17.7 Å². The van der Waals surface area contributed by atoms with Crippen LogP contribution in [0.5, 0.6) is 0 Å². The van der Waals surface area contributed by atoms with Gasteiger partial charge in [-0.3, -0.25) is 10.1 Å². The monoisotopic (exact) mass is 431 g/mol. The summed E-state index contributed by atoms with van der Waals surface area (Å²) in [6.07, 6.45) is 0.866. The Morgan fingerprint density at radius 1 is 1.06 bits per heavy atom. The van der Waals surface area contributed by atoms with Gasteiger partial charge in [-0.2, -0.15) is 5.10 Å². The number of nitro groups is 1. The van der Waals surface area contributed by atoms with E-state index in [1.165, 1.54) is 10.9 Å². The summed E-state index contributed by atoms with van der Waals surface area (Å²) >= 11 is 0. The highest BCUT2D eigenvalue weighted by molar-refractivity contribution is 5.91. The summed E-state index contributed by atoms with van der Waals surface area (Å²) in [5.74, 6) is -0.870. The van der Waals surface area contributed by atoms with Crippen LogP contribution in [0.1, 0.15) is 31.3 Å². The third-order valence-corrected chi connectivity index (χ3v) is 4.68. The maximum Gasteiger partial charge on any atom is 0.410 e. The van der Waals surface area contributed by atoms with Gasteiger partial charge in [0.1, 0.15) is 11.8 Å². The van der Waals surface area contributed by atoms with E-state index in [1.54, 1.807) is 17.0 Å². The molecule has 0 spiro atoms. The number of rotatable bonds is 4. The van der Waals surface area contributed by atoms with Crippen LogP contribution >= 0.6 is 0 Å². The van der Waals surface area contributed by atoms with Gasteiger partial charge < -0.3 is 19.3 Å². The molecule has 1 saturated heterocycles. The lowest BCUT2D eigenvalue weighted by molar-refractivity contribution is -0.385. The number of ether oxygens (including phenoxy) is 2. The Labute approximate surface area is 179 Å². The summed E-state index contributed by atoms with van der Waals surface area (Å²) in [4.78, 5) is 38.3. The normalized spacial score (nSPS) is 14.3. The van der Waals surface area contributed by atoms with Crippen molar-refractivity contribution in [3.63, 3.8) is 0 Å². The van der Waals surface area contributed by atoms with Crippen molar-refractivity contribution in [1.82, 2.24) is 14.7 Å². The number of hydrogen-bond acceptors (Lipinski definition) is 8. The van der Waals surface area contributed by atoms with Gasteiger partial charge in [-0.1, -0.05) is 0 Å². The average Bonchev–Trinajstić information content (AvgIpc) is 3.18. The van der Waals surface area contributed by atoms with E-state index in [4.69, 9.17) is 4.74 Å². The molecular formula is C20H25N5O6. The molecule has 1 aliphatic heterocycles. The fourth-order valence-electron chi connectivity index (χ4n) is 3.16. The van der Waals surface area contributed by atoms with Crippen LogP contribution < -0.4 is 4.90 Å². The molecule has 0 aliphatic carbocycles. The van der Waals surface area contributed by atoms with Crippen LogP contribution in [0, 0.1) is 10.1 Å². The molecule has 1 amide bonds. The molecule has 1 fully saturated rings. The number of anilines is 1. The van der Waals surface area contributed by atoms with E-state index in [0.717, 1.165) is 12.8 Å². The lowest BCUT2D eigenvalue weighted by Crippen LogP contribution is -2.50. The number of carbonyl (C=O) groups is 2. The van der Waals surface area contributed by atoms with Gasteiger partial charge in [-0.25, -0.2) is 14.3 Å². The number of aromatic nitrogens is 2. The summed E-state index contributed by atoms with van der Waals surface area (Å²) < 4.78 is 11.3. The van der Waals surface area contributed by atoms with E-state index < -0.39 is 22.2 Å². The Morgan fingerprint density at radius 2 is 1.65 bits per heavy atom. The first kappa shape index (κ1) is 22.1. The van der Waals surface area contributed by atoms with E-state index in [1.807, 2.05) is 32.9 Å². The average molecular weight is 431 g/mol. The lowest BCUT2D eigenvalue weighted by atomic mass is 10.2. The summed E-state index contributed by atoms with van der Waals surface area (Å²) in [6, 6.07) is 7.24. The van der Waals surface area contributed by atoms with Crippen molar-refractivity contribution in [2.24, 2.45) is 0 Å². The zero-order valence-corrected chi connectivity index (χ0v) is 17.9. The van der Waals surface area contributed by atoms with Crippen LogP contribution in [0.25, 0.3) is 5.69 Å². The van der Waals surface area contributed by atoms with Crippen molar-refractivity contribution >= 4 is 23.4 Å². The highest BCUT2D eigenvalue weighted by atomic mass is 16.6. The SMILES string of the molecule is COC(=O)c1nn(-c2ccc(N3CCN(C(=O)OC(C)(C)C)CC3)cc2)cc1[N+](=O)[O-]. The number of amides is 1. The molecule has 0 radical (unpaired) electrons. The van der Waals surface area contributed by atoms with E-state index in [9.17, 15) is 19.7 Å². The summed E-state index contributed by atoms with van der Waals surface area (Å²) in [5, 5.41) is 15.2. The second-order valence-corrected chi connectivity index (χ2v) is 8.03. The first-order chi connectivity index (χ1) is 14.6. The maximum absolute atomic E-state index is 12.2. The fraction of sp³-hybridized carbons (Fsp3) is 0.450. The van der Waals surface area contributed by atoms with Crippen LogP contribution in [0.4, 0.5) is 16.2 Å². The second-order valence-electron chi connectivity index (χ2n) is 8.03. The molecule has 0 saturated carbocycles. The standard InChI is InChI=1S/C20H25N5O6/c1-20(2,3)31-19(27)23-11-9-22(10-12-23)14-5-7-15(8-6-14)24-13-16(25(28)29)17(21-24)18(26)30-4/h5-8,13H,9-12H2,1-4H3. The Morgan fingerprint density at radius 3 is 2.16 bits per heavy atom. The molecular weight excluding hydrogens is 406 g/mol. The zero-order valence-electron chi connectivity index (χ0n) is 17.9. The van der Waals surface area contributed by atoms with E-state index in [2.05, 4.69) is 14.7 Å². The largest absolute Gasteiger partial charge is 0.464 e. The zero-order chi connectivity index (χ0) is 22.8. The Bertz CT molecular complexity index is 971. The molecule has 11 heteroatoms. The Kier molecular flexibility index (Phi) is 6.14. The third kappa shape index (κ3) is 5.11. The highest BCUT2D eigenvalue weighted by Gasteiger charge is 2.28. The van der Waals surface area contributed by atoms with Gasteiger partial charge in [0, 0.05) is 31.9 Å². The third-order valence-electron chi connectivity index (χ3n) is 4.68. The van der Waals surface area contributed by atoms with Crippen molar-refractivity contribution in [2.75, 3.05) is 38.2 Å². The minimum atomic E-state index is -0.870.